The van der Waals surface area contributed by atoms with Crippen molar-refractivity contribution in [2.24, 2.45) is 0 Å². The van der Waals surface area contributed by atoms with E-state index in [1.54, 1.807) is 31.0 Å². The lowest BCUT2D eigenvalue weighted by Crippen LogP contribution is -1.98. The molecule has 0 fully saturated rings. The smallest absolute Gasteiger partial charge is 0.154 e. The van der Waals surface area contributed by atoms with E-state index in [9.17, 15) is 0 Å². The Balaban J connectivity index is 1.89. The van der Waals surface area contributed by atoms with Crippen LogP contribution in [-0.2, 0) is 0 Å². The molecule has 1 N–H and O–H groups in total. The summed E-state index contributed by atoms with van der Waals surface area (Å²) in [5.41, 5.74) is 1.74. The maximum absolute atomic E-state index is 4.27. The van der Waals surface area contributed by atoms with Gasteiger partial charge in [0.25, 0.3) is 0 Å². The molecule has 0 aliphatic carbocycles. The molecule has 3 aromatic rings. The molecule has 0 aliphatic rings. The molecule has 19 heavy (non-hydrogen) atoms. The molecule has 3 aromatic heterocycles. The lowest BCUT2D eigenvalue weighted by Gasteiger charge is -2.04. The number of pyridine rings is 1. The van der Waals surface area contributed by atoms with Crippen molar-refractivity contribution in [1.29, 1.82) is 0 Å². The van der Waals surface area contributed by atoms with Crippen molar-refractivity contribution in [2.45, 2.75) is 0 Å². The maximum atomic E-state index is 4.27. The van der Waals surface area contributed by atoms with Gasteiger partial charge in [0.2, 0.25) is 0 Å². The summed E-state index contributed by atoms with van der Waals surface area (Å²) in [7, 11) is 0. The van der Waals surface area contributed by atoms with Crippen LogP contribution in [-0.4, -0.2) is 25.1 Å². The van der Waals surface area contributed by atoms with Crippen molar-refractivity contribution in [3.63, 3.8) is 0 Å². The van der Waals surface area contributed by atoms with Crippen LogP contribution in [0, 0.1) is 0 Å². The summed E-state index contributed by atoms with van der Waals surface area (Å²) in [5, 5.41) is 11.0. The zero-order valence-corrected chi connectivity index (χ0v) is 9.93. The molecule has 0 radical (unpaired) electrons. The normalized spacial score (nSPS) is 10.1. The summed E-state index contributed by atoms with van der Waals surface area (Å²) in [6.07, 6.45) is 8.25. The molecule has 0 spiro atoms. The standard InChI is InChI=1S/C13H10N6/c1-2-4-15-11(3-1)10-7-12(19-17-8-10)18-13-9-14-5-6-16-13/h1-9H,(H,16,18,19). The highest BCUT2D eigenvalue weighted by Crippen LogP contribution is 2.18. The predicted molar refractivity (Wildman–Crippen MR) is 70.6 cm³/mol. The highest BCUT2D eigenvalue weighted by molar-refractivity contribution is 5.63. The van der Waals surface area contributed by atoms with E-state index < -0.39 is 0 Å². The lowest BCUT2D eigenvalue weighted by molar-refractivity contribution is 1.03. The molecule has 92 valence electrons. The Kier molecular flexibility index (Phi) is 3.05. The molecular weight excluding hydrogens is 240 g/mol. The van der Waals surface area contributed by atoms with Gasteiger partial charge in [-0.3, -0.25) is 9.97 Å². The fraction of sp³-hybridized carbons (Fsp3) is 0. The van der Waals surface area contributed by atoms with Crippen molar-refractivity contribution in [3.8, 4) is 11.3 Å². The maximum Gasteiger partial charge on any atom is 0.154 e. The van der Waals surface area contributed by atoms with E-state index in [2.05, 4.69) is 30.5 Å². The van der Waals surface area contributed by atoms with Gasteiger partial charge in [0.1, 0.15) is 5.82 Å². The van der Waals surface area contributed by atoms with Crippen LogP contribution in [0.15, 0.2) is 55.2 Å². The van der Waals surface area contributed by atoms with Gasteiger partial charge in [-0.15, -0.1) is 5.10 Å². The third kappa shape index (κ3) is 2.68. The number of anilines is 2. The lowest BCUT2D eigenvalue weighted by atomic mass is 10.2. The topological polar surface area (TPSA) is 76.5 Å². The largest absolute Gasteiger partial charge is 0.322 e. The second-order valence-electron chi connectivity index (χ2n) is 3.76. The summed E-state index contributed by atoms with van der Waals surface area (Å²) in [5.74, 6) is 1.22. The van der Waals surface area contributed by atoms with Crippen molar-refractivity contribution in [1.82, 2.24) is 25.1 Å². The van der Waals surface area contributed by atoms with E-state index in [0.29, 0.717) is 11.6 Å². The first-order valence-electron chi connectivity index (χ1n) is 5.69. The SMILES string of the molecule is c1ccc(-c2cnnc(Nc3cnccn3)c2)nc1. The van der Waals surface area contributed by atoms with E-state index >= 15 is 0 Å². The molecule has 6 nitrogen and oxygen atoms in total. The Morgan fingerprint density at radius 1 is 0.895 bits per heavy atom. The quantitative estimate of drug-likeness (QED) is 0.766. The second-order valence-corrected chi connectivity index (χ2v) is 3.76. The fourth-order valence-electron chi connectivity index (χ4n) is 1.60. The van der Waals surface area contributed by atoms with E-state index in [1.807, 2.05) is 24.3 Å². The van der Waals surface area contributed by atoms with Crippen LogP contribution in [0.3, 0.4) is 0 Å². The van der Waals surface area contributed by atoms with Gasteiger partial charge in [-0.05, 0) is 18.2 Å². The zero-order chi connectivity index (χ0) is 12.9. The molecule has 3 heterocycles. The first kappa shape index (κ1) is 11.2. The van der Waals surface area contributed by atoms with Gasteiger partial charge >= 0.3 is 0 Å². The van der Waals surface area contributed by atoms with Crippen LogP contribution >= 0.6 is 0 Å². The van der Waals surface area contributed by atoms with Crippen molar-refractivity contribution < 1.29 is 0 Å². The highest BCUT2D eigenvalue weighted by atomic mass is 15.2. The van der Waals surface area contributed by atoms with Gasteiger partial charge in [0.15, 0.2) is 5.82 Å². The van der Waals surface area contributed by atoms with Crippen LogP contribution in [0.25, 0.3) is 11.3 Å². The first-order valence-corrected chi connectivity index (χ1v) is 5.69. The molecular formula is C13H10N6. The average Bonchev–Trinajstić information content (AvgIpc) is 2.49. The number of hydrogen-bond acceptors (Lipinski definition) is 6. The van der Waals surface area contributed by atoms with Gasteiger partial charge in [0, 0.05) is 24.2 Å². The Labute approximate surface area is 109 Å². The molecule has 0 amide bonds. The number of nitrogens with zero attached hydrogens (tertiary/aromatic N) is 5. The minimum Gasteiger partial charge on any atom is -0.322 e. The van der Waals surface area contributed by atoms with Gasteiger partial charge in [0.05, 0.1) is 18.1 Å². The van der Waals surface area contributed by atoms with Gasteiger partial charge in [-0.25, -0.2) is 4.98 Å². The van der Waals surface area contributed by atoms with Crippen molar-refractivity contribution >= 4 is 11.6 Å². The Bertz CT molecular complexity index is 656. The fourth-order valence-corrected chi connectivity index (χ4v) is 1.60. The molecule has 0 unspecified atom stereocenters. The van der Waals surface area contributed by atoms with Crippen LogP contribution < -0.4 is 5.32 Å². The molecule has 3 rings (SSSR count). The summed E-state index contributed by atoms with van der Waals surface area (Å²) >= 11 is 0. The minimum absolute atomic E-state index is 0.601. The monoisotopic (exact) mass is 250 g/mol. The summed E-state index contributed by atoms with van der Waals surface area (Å²) in [6, 6.07) is 7.59. The zero-order valence-electron chi connectivity index (χ0n) is 9.93. The first-order chi connectivity index (χ1) is 9.42. The molecule has 0 aromatic carbocycles. The molecule has 0 aliphatic heterocycles. The summed E-state index contributed by atoms with van der Waals surface area (Å²) in [6.45, 7) is 0. The number of hydrogen-bond donors (Lipinski definition) is 1. The van der Waals surface area contributed by atoms with Gasteiger partial charge < -0.3 is 5.32 Å². The molecule has 0 saturated carbocycles. The van der Waals surface area contributed by atoms with Crippen molar-refractivity contribution in [2.75, 3.05) is 5.32 Å². The Morgan fingerprint density at radius 3 is 2.68 bits per heavy atom. The second kappa shape index (κ2) is 5.18. The Morgan fingerprint density at radius 2 is 1.89 bits per heavy atom. The molecule has 0 bridgehead atoms. The van der Waals surface area contributed by atoms with Crippen LogP contribution in [0.5, 0.6) is 0 Å². The molecule has 0 saturated heterocycles. The summed E-state index contributed by atoms with van der Waals surface area (Å²) < 4.78 is 0. The number of nitrogens with one attached hydrogen (secondary N) is 1. The highest BCUT2D eigenvalue weighted by Gasteiger charge is 2.03. The van der Waals surface area contributed by atoms with Crippen LogP contribution in [0.4, 0.5) is 11.6 Å². The number of aromatic nitrogens is 5. The van der Waals surface area contributed by atoms with Gasteiger partial charge in [-0.1, -0.05) is 6.07 Å². The minimum atomic E-state index is 0.601. The van der Waals surface area contributed by atoms with E-state index in [1.165, 1.54) is 0 Å². The molecule has 0 atom stereocenters. The van der Waals surface area contributed by atoms with E-state index in [-0.39, 0.29) is 0 Å². The van der Waals surface area contributed by atoms with Crippen LogP contribution in [0.2, 0.25) is 0 Å². The predicted octanol–water partition coefficient (Wildman–Crippen LogP) is 2.07. The number of rotatable bonds is 3. The summed E-state index contributed by atoms with van der Waals surface area (Å²) in [4.78, 5) is 12.4. The average molecular weight is 250 g/mol. The molecule has 6 heteroatoms. The van der Waals surface area contributed by atoms with E-state index in [0.717, 1.165) is 11.3 Å². The van der Waals surface area contributed by atoms with E-state index in [4.69, 9.17) is 0 Å². The third-order valence-electron chi connectivity index (χ3n) is 2.43. The van der Waals surface area contributed by atoms with Gasteiger partial charge in [-0.2, -0.15) is 5.10 Å². The van der Waals surface area contributed by atoms with Crippen LogP contribution in [0.1, 0.15) is 0 Å². The van der Waals surface area contributed by atoms with Crippen molar-refractivity contribution in [3.05, 3.63) is 55.2 Å². The Hall–Kier alpha value is -2.89. The third-order valence-corrected chi connectivity index (χ3v) is 2.43.